The lowest BCUT2D eigenvalue weighted by atomic mass is 9.43. The largest absolute Gasteiger partial charge is 0.494 e. The number of hydrogen-bond donors (Lipinski definition) is 0. The van der Waals surface area contributed by atoms with Crippen LogP contribution in [-0.2, 0) is 14.7 Å². The first-order chi connectivity index (χ1) is 14.8. The molecule has 6 aliphatic rings. The maximum Gasteiger partial charge on any atom is 0.494 e. The average molecular weight is 412 g/mol. The molecule has 0 amide bonds. The fraction of sp³-hybridized carbons (Fsp3) is 0.571. The van der Waals surface area contributed by atoms with Gasteiger partial charge in [0.25, 0.3) is 0 Å². The highest BCUT2D eigenvalue weighted by atomic mass is 16.7. The van der Waals surface area contributed by atoms with Crippen molar-refractivity contribution >= 4 is 12.6 Å². The Morgan fingerprint density at radius 1 is 0.710 bits per heavy atom. The molecule has 3 heteroatoms. The van der Waals surface area contributed by atoms with E-state index in [1.54, 1.807) is 11.1 Å². The Labute approximate surface area is 186 Å². The van der Waals surface area contributed by atoms with E-state index >= 15 is 0 Å². The monoisotopic (exact) mass is 412 g/mol. The lowest BCUT2D eigenvalue weighted by molar-refractivity contribution is -0.0399. The molecule has 4 bridgehead atoms. The molecule has 0 N–H and O–H groups in total. The van der Waals surface area contributed by atoms with Crippen LogP contribution in [0, 0.1) is 23.7 Å². The second-order valence-corrected chi connectivity index (χ2v) is 12.1. The van der Waals surface area contributed by atoms with Gasteiger partial charge in [-0.3, -0.25) is 0 Å². The zero-order valence-corrected chi connectivity index (χ0v) is 19.3. The molecule has 2 aromatic carbocycles. The van der Waals surface area contributed by atoms with Gasteiger partial charge in [0.05, 0.1) is 11.2 Å². The molecule has 0 unspecified atom stereocenters. The van der Waals surface area contributed by atoms with E-state index in [1.807, 2.05) is 0 Å². The van der Waals surface area contributed by atoms with Crippen LogP contribution in [-0.4, -0.2) is 18.3 Å². The van der Waals surface area contributed by atoms with Crippen LogP contribution in [0.5, 0.6) is 0 Å². The molecule has 31 heavy (non-hydrogen) atoms. The maximum absolute atomic E-state index is 6.41. The summed E-state index contributed by atoms with van der Waals surface area (Å²) in [6.07, 6.45) is 7.22. The van der Waals surface area contributed by atoms with E-state index in [2.05, 4.69) is 70.2 Å². The van der Waals surface area contributed by atoms with Crippen LogP contribution in [0.1, 0.15) is 70.9 Å². The van der Waals surface area contributed by atoms with Gasteiger partial charge in [-0.2, -0.15) is 0 Å². The van der Waals surface area contributed by atoms with Crippen molar-refractivity contribution in [3.8, 4) is 11.1 Å². The van der Waals surface area contributed by atoms with Gasteiger partial charge in [-0.25, -0.2) is 0 Å². The third-order valence-electron chi connectivity index (χ3n) is 10.1. The Morgan fingerprint density at radius 3 is 1.94 bits per heavy atom. The quantitative estimate of drug-likeness (QED) is 0.559. The Balaban J connectivity index is 1.38. The van der Waals surface area contributed by atoms with Gasteiger partial charge >= 0.3 is 7.12 Å². The summed E-state index contributed by atoms with van der Waals surface area (Å²) >= 11 is 0. The molecule has 4 saturated carbocycles. The molecule has 0 atom stereocenters. The van der Waals surface area contributed by atoms with Crippen LogP contribution in [0.4, 0.5) is 0 Å². The fourth-order valence-electron chi connectivity index (χ4n) is 8.30. The number of rotatable bonds is 1. The molecule has 1 spiro atoms. The van der Waals surface area contributed by atoms with Crippen molar-refractivity contribution in [2.75, 3.05) is 0 Å². The summed E-state index contributed by atoms with van der Waals surface area (Å²) in [5.74, 6) is 3.59. The van der Waals surface area contributed by atoms with Crippen molar-refractivity contribution in [1.29, 1.82) is 0 Å². The summed E-state index contributed by atoms with van der Waals surface area (Å²) in [6, 6.07) is 16.5. The first kappa shape index (κ1) is 18.9. The number of fused-ring (bicyclic) bond motifs is 3. The molecular weight excluding hydrogens is 379 g/mol. The Bertz CT molecular complexity index is 1040. The predicted octanol–water partition coefficient (Wildman–Crippen LogP) is 5.71. The highest BCUT2D eigenvalue weighted by Gasteiger charge is 2.61. The van der Waals surface area contributed by atoms with E-state index in [4.69, 9.17) is 9.31 Å². The predicted molar refractivity (Wildman–Crippen MR) is 125 cm³/mol. The Hall–Kier alpha value is -1.58. The molecule has 1 heterocycles. The maximum atomic E-state index is 6.41. The molecule has 2 aromatic rings. The smallest absolute Gasteiger partial charge is 0.399 e. The van der Waals surface area contributed by atoms with Crippen molar-refractivity contribution in [2.45, 2.75) is 76.4 Å². The van der Waals surface area contributed by atoms with Crippen molar-refractivity contribution in [2.24, 2.45) is 23.7 Å². The number of hydrogen-bond acceptors (Lipinski definition) is 2. The normalized spacial score (nSPS) is 38.0. The third kappa shape index (κ3) is 2.27. The number of benzene rings is 2. The van der Waals surface area contributed by atoms with Gasteiger partial charge in [0, 0.05) is 5.41 Å². The van der Waals surface area contributed by atoms with Crippen LogP contribution < -0.4 is 5.46 Å². The first-order valence-electron chi connectivity index (χ1n) is 12.4. The minimum Gasteiger partial charge on any atom is -0.399 e. The molecule has 1 aliphatic heterocycles. The van der Waals surface area contributed by atoms with Crippen molar-refractivity contribution < 1.29 is 9.31 Å². The molecular formula is C28H33BO2. The highest BCUT2D eigenvalue weighted by molar-refractivity contribution is 6.62. The lowest BCUT2D eigenvalue weighted by Crippen LogP contribution is -2.55. The van der Waals surface area contributed by atoms with E-state index in [9.17, 15) is 0 Å². The van der Waals surface area contributed by atoms with Crippen molar-refractivity contribution in [1.82, 2.24) is 0 Å². The molecule has 8 rings (SSSR count). The van der Waals surface area contributed by atoms with Crippen LogP contribution >= 0.6 is 0 Å². The minimum absolute atomic E-state index is 0.244. The second-order valence-electron chi connectivity index (χ2n) is 12.1. The molecule has 1 saturated heterocycles. The standard InChI is InChI=1S/C28H33BO2/c1-26(2)27(3,4)31-29(30-26)21-9-10-25-23(16-21)22-7-5-6-8-24(22)28(25)19-12-17-11-18(14-19)15-20(28)13-17/h5-10,16-20H,11-15H2,1-4H3. The molecule has 0 aromatic heterocycles. The third-order valence-corrected chi connectivity index (χ3v) is 10.1. The summed E-state index contributed by atoms with van der Waals surface area (Å²) in [4.78, 5) is 0. The van der Waals surface area contributed by atoms with Gasteiger partial charge in [0.2, 0.25) is 0 Å². The molecule has 160 valence electrons. The average Bonchev–Trinajstić information content (AvgIpc) is 3.13. The first-order valence-corrected chi connectivity index (χ1v) is 12.4. The van der Waals surface area contributed by atoms with Gasteiger partial charge in [-0.1, -0.05) is 42.5 Å². The van der Waals surface area contributed by atoms with Gasteiger partial charge in [0.1, 0.15) is 0 Å². The van der Waals surface area contributed by atoms with Gasteiger partial charge in [0.15, 0.2) is 0 Å². The molecule has 2 nitrogen and oxygen atoms in total. The summed E-state index contributed by atoms with van der Waals surface area (Å²) in [7, 11) is -0.294. The summed E-state index contributed by atoms with van der Waals surface area (Å²) in [5.41, 5.74) is 6.90. The summed E-state index contributed by atoms with van der Waals surface area (Å²) < 4.78 is 12.8. The van der Waals surface area contributed by atoms with Gasteiger partial charge < -0.3 is 9.31 Å². The molecule has 5 fully saturated rings. The van der Waals surface area contributed by atoms with E-state index in [1.165, 1.54) is 43.2 Å². The lowest BCUT2D eigenvalue weighted by Gasteiger charge is -2.61. The Morgan fingerprint density at radius 2 is 1.29 bits per heavy atom. The van der Waals surface area contributed by atoms with Crippen LogP contribution in [0.2, 0.25) is 0 Å². The van der Waals surface area contributed by atoms with E-state index in [0.29, 0.717) is 0 Å². The second kappa shape index (κ2) is 5.86. The van der Waals surface area contributed by atoms with Crippen molar-refractivity contribution in [3.63, 3.8) is 0 Å². The van der Waals surface area contributed by atoms with Crippen LogP contribution in [0.15, 0.2) is 42.5 Å². The van der Waals surface area contributed by atoms with E-state index < -0.39 is 0 Å². The molecule has 0 radical (unpaired) electrons. The van der Waals surface area contributed by atoms with Gasteiger partial charge in [-0.15, -0.1) is 0 Å². The van der Waals surface area contributed by atoms with E-state index in [-0.39, 0.29) is 23.7 Å². The zero-order valence-electron chi connectivity index (χ0n) is 19.3. The van der Waals surface area contributed by atoms with Gasteiger partial charge in [-0.05, 0) is 111 Å². The fourth-order valence-corrected chi connectivity index (χ4v) is 8.30. The molecule has 5 aliphatic carbocycles. The Kier molecular flexibility index (Phi) is 3.58. The van der Waals surface area contributed by atoms with E-state index in [0.717, 1.165) is 29.1 Å². The zero-order chi connectivity index (χ0) is 21.2. The SMILES string of the molecule is CC1(C)OB(c2ccc3c(c2)-c2ccccc2C32C3CC4CC(C3)CC2C4)OC1(C)C. The summed E-state index contributed by atoms with van der Waals surface area (Å²) in [5, 5.41) is 0. The van der Waals surface area contributed by atoms with Crippen LogP contribution in [0.25, 0.3) is 11.1 Å². The summed E-state index contributed by atoms with van der Waals surface area (Å²) in [6.45, 7) is 8.55. The highest BCUT2D eigenvalue weighted by Crippen LogP contribution is 2.69. The van der Waals surface area contributed by atoms with Crippen molar-refractivity contribution in [3.05, 3.63) is 53.6 Å². The van der Waals surface area contributed by atoms with Crippen LogP contribution in [0.3, 0.4) is 0 Å². The minimum atomic E-state index is -0.308. The topological polar surface area (TPSA) is 18.5 Å².